The smallest absolute Gasteiger partial charge is 0.320 e. The minimum Gasteiger partial charge on any atom is -0.497 e. The number of carboxylic acid groups (broad SMARTS) is 1. The van der Waals surface area contributed by atoms with Crippen LogP contribution in [-0.4, -0.2) is 36.7 Å². The maximum atomic E-state index is 11.8. The van der Waals surface area contributed by atoms with Crippen molar-refractivity contribution < 1.29 is 19.4 Å². The van der Waals surface area contributed by atoms with Crippen LogP contribution in [0, 0.1) is 0 Å². The lowest BCUT2D eigenvalue weighted by Gasteiger charge is -2.13. The maximum Gasteiger partial charge on any atom is 0.320 e. The second kappa shape index (κ2) is 8.97. The van der Waals surface area contributed by atoms with Crippen LogP contribution in [0.3, 0.4) is 0 Å². The normalized spacial score (nSPS) is 11.7. The van der Waals surface area contributed by atoms with E-state index in [1.165, 1.54) is 0 Å². The summed E-state index contributed by atoms with van der Waals surface area (Å²) in [5.41, 5.74) is 0.655. The highest BCUT2D eigenvalue weighted by Crippen LogP contribution is 2.16. The van der Waals surface area contributed by atoms with E-state index >= 15 is 0 Å². The summed E-state index contributed by atoms with van der Waals surface area (Å²) in [4.78, 5) is 22.7. The fraction of sp³-hybridized carbons (Fsp3) is 0.467. The maximum absolute atomic E-state index is 11.8. The minimum absolute atomic E-state index is 0.170. The number of amides is 1. The first kappa shape index (κ1) is 17.0. The van der Waals surface area contributed by atoms with Gasteiger partial charge in [-0.25, -0.2) is 0 Å². The van der Waals surface area contributed by atoms with Gasteiger partial charge in [-0.15, -0.1) is 0 Å². The number of methoxy groups -OCH3 is 1. The molecule has 0 aliphatic rings. The Kier molecular flexibility index (Phi) is 7.25. The lowest BCUT2D eigenvalue weighted by atomic mass is 10.1. The van der Waals surface area contributed by atoms with Crippen LogP contribution in [0.4, 0.5) is 5.69 Å². The van der Waals surface area contributed by atoms with Gasteiger partial charge in [-0.05, 0) is 18.6 Å². The first-order valence-electron chi connectivity index (χ1n) is 6.97. The Morgan fingerprint density at radius 2 is 2.14 bits per heavy atom. The molecule has 1 atom stereocenters. The molecule has 0 bridgehead atoms. The predicted octanol–water partition coefficient (Wildman–Crippen LogP) is 1.87. The Bertz CT molecular complexity index is 476. The van der Waals surface area contributed by atoms with Crippen molar-refractivity contribution in [3.8, 4) is 5.75 Å². The van der Waals surface area contributed by atoms with Crippen molar-refractivity contribution >= 4 is 17.6 Å². The van der Waals surface area contributed by atoms with E-state index in [4.69, 9.17) is 9.84 Å². The molecule has 6 heteroatoms. The number of benzene rings is 1. The summed E-state index contributed by atoms with van der Waals surface area (Å²) in [6.45, 7) is 2.25. The average molecular weight is 294 g/mol. The summed E-state index contributed by atoms with van der Waals surface area (Å²) in [6.07, 6.45) is 1.54. The lowest BCUT2D eigenvalue weighted by molar-refractivity contribution is -0.139. The molecule has 0 aliphatic heterocycles. The highest BCUT2D eigenvalue weighted by molar-refractivity contribution is 5.91. The van der Waals surface area contributed by atoms with Gasteiger partial charge in [0.15, 0.2) is 0 Å². The van der Waals surface area contributed by atoms with Gasteiger partial charge in [0.1, 0.15) is 11.8 Å². The molecule has 116 valence electrons. The van der Waals surface area contributed by atoms with Crippen molar-refractivity contribution in [3.63, 3.8) is 0 Å². The van der Waals surface area contributed by atoms with Crippen LogP contribution in [0.25, 0.3) is 0 Å². The zero-order chi connectivity index (χ0) is 15.7. The largest absolute Gasteiger partial charge is 0.497 e. The third kappa shape index (κ3) is 6.27. The fourth-order valence-electron chi connectivity index (χ4n) is 1.89. The molecule has 1 rings (SSSR count). The quantitative estimate of drug-likeness (QED) is 0.647. The molecule has 21 heavy (non-hydrogen) atoms. The van der Waals surface area contributed by atoms with Gasteiger partial charge in [0.2, 0.25) is 5.91 Å². The molecule has 0 saturated carbocycles. The molecule has 0 aromatic heterocycles. The highest BCUT2D eigenvalue weighted by atomic mass is 16.5. The van der Waals surface area contributed by atoms with Crippen molar-refractivity contribution in [2.24, 2.45) is 0 Å². The van der Waals surface area contributed by atoms with E-state index in [0.29, 0.717) is 24.4 Å². The summed E-state index contributed by atoms with van der Waals surface area (Å²) in [7, 11) is 1.56. The van der Waals surface area contributed by atoms with Gasteiger partial charge in [0.05, 0.1) is 7.11 Å². The molecule has 1 unspecified atom stereocenters. The molecule has 0 fully saturated rings. The van der Waals surface area contributed by atoms with Gasteiger partial charge >= 0.3 is 5.97 Å². The average Bonchev–Trinajstić information content (AvgIpc) is 2.46. The molecule has 0 saturated heterocycles. The van der Waals surface area contributed by atoms with E-state index in [1.54, 1.807) is 31.4 Å². The second-order valence-electron chi connectivity index (χ2n) is 4.66. The van der Waals surface area contributed by atoms with Crippen LogP contribution >= 0.6 is 0 Å². The minimum atomic E-state index is -0.884. The predicted molar refractivity (Wildman–Crippen MR) is 80.6 cm³/mol. The SMILES string of the molecule is CCCC(NCCC(=O)Nc1cccc(OC)c1)C(=O)O. The number of carbonyl (C=O) groups is 2. The molecule has 0 spiro atoms. The van der Waals surface area contributed by atoms with Gasteiger partial charge in [0.25, 0.3) is 0 Å². The van der Waals surface area contributed by atoms with Gasteiger partial charge in [-0.2, -0.15) is 0 Å². The number of hydrogen-bond acceptors (Lipinski definition) is 4. The Hall–Kier alpha value is -2.08. The first-order chi connectivity index (χ1) is 10.1. The van der Waals surface area contributed by atoms with Crippen LogP contribution in [0.15, 0.2) is 24.3 Å². The Morgan fingerprint density at radius 1 is 1.38 bits per heavy atom. The Morgan fingerprint density at radius 3 is 2.76 bits per heavy atom. The summed E-state index contributed by atoms with van der Waals surface area (Å²) < 4.78 is 5.07. The van der Waals surface area contributed by atoms with Crippen LogP contribution in [0.2, 0.25) is 0 Å². The number of anilines is 1. The van der Waals surface area contributed by atoms with Gasteiger partial charge in [0, 0.05) is 24.7 Å². The van der Waals surface area contributed by atoms with E-state index in [2.05, 4.69) is 10.6 Å². The zero-order valence-corrected chi connectivity index (χ0v) is 12.4. The van der Waals surface area contributed by atoms with Gasteiger partial charge in [-0.3, -0.25) is 9.59 Å². The number of rotatable bonds is 9. The van der Waals surface area contributed by atoms with Crippen LogP contribution in [-0.2, 0) is 9.59 Å². The lowest BCUT2D eigenvalue weighted by Crippen LogP contribution is -2.38. The monoisotopic (exact) mass is 294 g/mol. The molecule has 1 aromatic carbocycles. The summed E-state index contributed by atoms with van der Waals surface area (Å²) in [5, 5.41) is 14.6. The van der Waals surface area contributed by atoms with E-state index in [-0.39, 0.29) is 12.3 Å². The molecule has 0 aliphatic carbocycles. The molecule has 0 heterocycles. The number of carboxylic acids is 1. The van der Waals surface area contributed by atoms with Crippen LogP contribution in [0.5, 0.6) is 5.75 Å². The first-order valence-corrected chi connectivity index (χ1v) is 6.97. The number of carbonyl (C=O) groups excluding carboxylic acids is 1. The third-order valence-electron chi connectivity index (χ3n) is 2.97. The van der Waals surface area contributed by atoms with Crippen molar-refractivity contribution in [2.75, 3.05) is 19.0 Å². The number of ether oxygens (including phenoxy) is 1. The second-order valence-corrected chi connectivity index (χ2v) is 4.66. The molecule has 1 aromatic rings. The van der Waals surface area contributed by atoms with Crippen molar-refractivity contribution in [3.05, 3.63) is 24.3 Å². The van der Waals surface area contributed by atoms with E-state index < -0.39 is 12.0 Å². The number of aliphatic carboxylic acids is 1. The van der Waals surface area contributed by atoms with E-state index in [1.807, 2.05) is 6.92 Å². The zero-order valence-electron chi connectivity index (χ0n) is 12.4. The van der Waals surface area contributed by atoms with Crippen molar-refractivity contribution in [2.45, 2.75) is 32.2 Å². The third-order valence-corrected chi connectivity index (χ3v) is 2.97. The Balaban J connectivity index is 2.38. The number of hydrogen-bond donors (Lipinski definition) is 3. The van der Waals surface area contributed by atoms with E-state index in [0.717, 1.165) is 6.42 Å². The molecule has 0 radical (unpaired) electrons. The topological polar surface area (TPSA) is 87.7 Å². The van der Waals surface area contributed by atoms with E-state index in [9.17, 15) is 9.59 Å². The van der Waals surface area contributed by atoms with Crippen molar-refractivity contribution in [1.29, 1.82) is 0 Å². The molecule has 6 nitrogen and oxygen atoms in total. The summed E-state index contributed by atoms with van der Waals surface area (Å²) >= 11 is 0. The van der Waals surface area contributed by atoms with Crippen LogP contribution in [0.1, 0.15) is 26.2 Å². The van der Waals surface area contributed by atoms with Gasteiger partial charge in [-0.1, -0.05) is 19.4 Å². The van der Waals surface area contributed by atoms with Crippen LogP contribution < -0.4 is 15.4 Å². The molecular formula is C15H22N2O4. The van der Waals surface area contributed by atoms with Crippen molar-refractivity contribution in [1.82, 2.24) is 5.32 Å². The Labute approximate surface area is 124 Å². The molecular weight excluding hydrogens is 272 g/mol. The highest BCUT2D eigenvalue weighted by Gasteiger charge is 2.15. The molecule has 1 amide bonds. The number of nitrogens with one attached hydrogen (secondary N) is 2. The standard InChI is InChI=1S/C15H22N2O4/c1-3-5-13(15(19)20)16-9-8-14(18)17-11-6-4-7-12(10-11)21-2/h4,6-7,10,13,16H,3,5,8-9H2,1-2H3,(H,17,18)(H,19,20). The summed E-state index contributed by atoms with van der Waals surface area (Å²) in [5.74, 6) is -0.388. The fourth-order valence-corrected chi connectivity index (χ4v) is 1.89. The molecule has 3 N–H and O–H groups in total. The van der Waals surface area contributed by atoms with Gasteiger partial charge < -0.3 is 20.5 Å². The summed E-state index contributed by atoms with van der Waals surface area (Å²) in [6, 6.07) is 6.47.